The van der Waals surface area contributed by atoms with Gasteiger partial charge in [-0.1, -0.05) is 0 Å². The highest BCUT2D eigenvalue weighted by molar-refractivity contribution is 5.95. The Kier molecular flexibility index (Phi) is 6.24. The van der Waals surface area contributed by atoms with Gasteiger partial charge in [-0.3, -0.25) is 0 Å². The normalized spacial score (nSPS) is 10.9. The lowest BCUT2D eigenvalue weighted by Gasteiger charge is -2.20. The number of nitrogens with two attached hydrogens (primary N) is 1. The molecule has 0 unspecified atom stereocenters. The van der Waals surface area contributed by atoms with Crippen molar-refractivity contribution in [3.8, 4) is 0 Å². The molecule has 0 saturated carbocycles. The molecule has 0 aromatic carbocycles. The number of methoxy groups -OCH3 is 1. The van der Waals surface area contributed by atoms with Crippen molar-refractivity contribution < 1.29 is 9.53 Å². The van der Waals surface area contributed by atoms with Crippen molar-refractivity contribution >= 4 is 17.5 Å². The smallest absolute Gasteiger partial charge is 0.341 e. The summed E-state index contributed by atoms with van der Waals surface area (Å²) in [4.78, 5) is 18.1. The Bertz CT molecular complexity index is 449. The maximum absolute atomic E-state index is 11.7. The molecule has 6 nitrogen and oxygen atoms in total. The highest BCUT2D eigenvalue weighted by Crippen LogP contribution is 2.16. The number of esters is 1. The number of hydrogen-bond donors (Lipinski definition) is 2. The Morgan fingerprint density at radius 2 is 2.25 bits per heavy atom. The fourth-order valence-corrected chi connectivity index (χ4v) is 1.68. The van der Waals surface area contributed by atoms with Gasteiger partial charge in [0.2, 0.25) is 0 Å². The molecule has 0 spiro atoms. The van der Waals surface area contributed by atoms with Gasteiger partial charge < -0.3 is 20.7 Å². The number of carbonyl (C=O) groups is 1. The van der Waals surface area contributed by atoms with Gasteiger partial charge in [-0.25, -0.2) is 9.78 Å². The van der Waals surface area contributed by atoms with Gasteiger partial charge in [-0.05, 0) is 39.9 Å². The van der Waals surface area contributed by atoms with E-state index in [4.69, 9.17) is 10.5 Å². The van der Waals surface area contributed by atoms with Crippen LogP contribution < -0.4 is 11.1 Å². The minimum atomic E-state index is -0.438. The third kappa shape index (κ3) is 4.70. The van der Waals surface area contributed by atoms with E-state index in [1.807, 2.05) is 0 Å². The SMILES string of the molecule is COC(=O)c1cc(N)cnc1NCCCN(C)C(C)C. The minimum Gasteiger partial charge on any atom is -0.465 e. The predicted molar refractivity (Wildman–Crippen MR) is 80.9 cm³/mol. The van der Waals surface area contributed by atoms with Crippen LogP contribution in [0.1, 0.15) is 30.6 Å². The van der Waals surface area contributed by atoms with Crippen LogP contribution in [0.2, 0.25) is 0 Å². The van der Waals surface area contributed by atoms with Crippen LogP contribution in [0.25, 0.3) is 0 Å². The van der Waals surface area contributed by atoms with Crippen LogP contribution in [0.15, 0.2) is 12.3 Å². The molecule has 20 heavy (non-hydrogen) atoms. The molecular formula is C14H24N4O2. The summed E-state index contributed by atoms with van der Waals surface area (Å²) in [6.07, 6.45) is 2.48. The van der Waals surface area contributed by atoms with Gasteiger partial charge in [0, 0.05) is 12.6 Å². The molecule has 0 bridgehead atoms. The Labute approximate surface area is 120 Å². The van der Waals surface area contributed by atoms with Gasteiger partial charge in [-0.15, -0.1) is 0 Å². The highest BCUT2D eigenvalue weighted by Gasteiger charge is 2.13. The number of carbonyl (C=O) groups excluding carboxylic acids is 1. The van der Waals surface area contributed by atoms with Gasteiger partial charge in [0.25, 0.3) is 0 Å². The van der Waals surface area contributed by atoms with Gasteiger partial charge >= 0.3 is 5.97 Å². The lowest BCUT2D eigenvalue weighted by Crippen LogP contribution is -2.28. The number of hydrogen-bond acceptors (Lipinski definition) is 6. The van der Waals surface area contributed by atoms with Crippen LogP contribution >= 0.6 is 0 Å². The molecule has 1 rings (SSSR count). The second kappa shape index (κ2) is 7.69. The van der Waals surface area contributed by atoms with Crippen molar-refractivity contribution in [2.24, 2.45) is 0 Å². The minimum absolute atomic E-state index is 0.365. The summed E-state index contributed by atoms with van der Waals surface area (Å²) in [7, 11) is 3.43. The third-order valence-corrected chi connectivity index (χ3v) is 3.18. The molecule has 0 radical (unpaired) electrons. The van der Waals surface area contributed by atoms with E-state index in [-0.39, 0.29) is 0 Å². The van der Waals surface area contributed by atoms with E-state index in [2.05, 4.69) is 36.1 Å². The lowest BCUT2D eigenvalue weighted by molar-refractivity contribution is 0.0601. The molecule has 1 aromatic rings. The second-order valence-corrected chi connectivity index (χ2v) is 5.01. The lowest BCUT2D eigenvalue weighted by atomic mass is 10.2. The summed E-state index contributed by atoms with van der Waals surface area (Å²) in [6.45, 7) is 6.03. The molecule has 1 heterocycles. The zero-order chi connectivity index (χ0) is 15.1. The largest absolute Gasteiger partial charge is 0.465 e. The summed E-state index contributed by atoms with van der Waals surface area (Å²) in [6, 6.07) is 2.09. The third-order valence-electron chi connectivity index (χ3n) is 3.18. The topological polar surface area (TPSA) is 80.5 Å². The number of anilines is 2. The second-order valence-electron chi connectivity index (χ2n) is 5.01. The monoisotopic (exact) mass is 280 g/mol. The van der Waals surface area contributed by atoms with Gasteiger partial charge in [0.15, 0.2) is 0 Å². The van der Waals surface area contributed by atoms with E-state index < -0.39 is 5.97 Å². The fraction of sp³-hybridized carbons (Fsp3) is 0.571. The molecule has 1 aromatic heterocycles. The number of nitrogens with zero attached hydrogens (tertiary/aromatic N) is 2. The molecule has 0 aliphatic rings. The van der Waals surface area contributed by atoms with Crippen LogP contribution in [0.3, 0.4) is 0 Å². The van der Waals surface area contributed by atoms with Crippen molar-refractivity contribution in [1.29, 1.82) is 0 Å². The number of rotatable bonds is 7. The van der Waals surface area contributed by atoms with Crippen molar-refractivity contribution in [3.63, 3.8) is 0 Å². The maximum atomic E-state index is 11.7. The molecule has 0 aliphatic heterocycles. The molecular weight excluding hydrogens is 256 g/mol. The van der Waals surface area contributed by atoms with Crippen molar-refractivity contribution in [2.45, 2.75) is 26.3 Å². The number of ether oxygens (including phenoxy) is 1. The molecule has 112 valence electrons. The summed E-state index contributed by atoms with van der Waals surface area (Å²) in [5.41, 5.74) is 6.45. The molecule has 6 heteroatoms. The Hall–Kier alpha value is -1.82. The van der Waals surface area contributed by atoms with E-state index in [1.165, 1.54) is 13.3 Å². The van der Waals surface area contributed by atoms with E-state index in [0.29, 0.717) is 23.1 Å². The number of nitrogens with one attached hydrogen (secondary N) is 1. The van der Waals surface area contributed by atoms with E-state index in [0.717, 1.165) is 19.5 Å². The van der Waals surface area contributed by atoms with Crippen molar-refractivity contribution in [3.05, 3.63) is 17.8 Å². The predicted octanol–water partition coefficient (Wildman–Crippen LogP) is 1.59. The van der Waals surface area contributed by atoms with Crippen molar-refractivity contribution in [2.75, 3.05) is 38.3 Å². The molecule has 3 N–H and O–H groups in total. The van der Waals surface area contributed by atoms with Gasteiger partial charge in [0.05, 0.1) is 19.0 Å². The summed E-state index contributed by atoms with van der Waals surface area (Å²) in [5, 5.41) is 3.16. The molecule has 0 amide bonds. The highest BCUT2D eigenvalue weighted by atomic mass is 16.5. The summed E-state index contributed by atoms with van der Waals surface area (Å²) in [5.74, 6) is 0.0739. The zero-order valence-corrected chi connectivity index (χ0v) is 12.6. The van der Waals surface area contributed by atoms with Crippen LogP contribution in [0.4, 0.5) is 11.5 Å². The van der Waals surface area contributed by atoms with Crippen LogP contribution in [0.5, 0.6) is 0 Å². The first-order valence-electron chi connectivity index (χ1n) is 6.73. The van der Waals surface area contributed by atoms with Crippen molar-refractivity contribution in [1.82, 2.24) is 9.88 Å². The van der Waals surface area contributed by atoms with Crippen LogP contribution in [-0.4, -0.2) is 49.1 Å². The molecule has 0 atom stereocenters. The fourth-order valence-electron chi connectivity index (χ4n) is 1.68. The Balaban J connectivity index is 2.57. The molecule has 0 fully saturated rings. The van der Waals surface area contributed by atoms with E-state index in [9.17, 15) is 4.79 Å². The quantitative estimate of drug-likeness (QED) is 0.583. The van der Waals surface area contributed by atoms with E-state index in [1.54, 1.807) is 6.07 Å². The van der Waals surface area contributed by atoms with Gasteiger partial charge in [-0.2, -0.15) is 0 Å². The van der Waals surface area contributed by atoms with Crippen LogP contribution in [-0.2, 0) is 4.74 Å². The first-order chi connectivity index (χ1) is 9.45. The van der Waals surface area contributed by atoms with Gasteiger partial charge in [0.1, 0.15) is 11.4 Å². The number of aromatic nitrogens is 1. The summed E-state index contributed by atoms with van der Waals surface area (Å²) < 4.78 is 4.73. The maximum Gasteiger partial charge on any atom is 0.341 e. The molecule has 0 saturated heterocycles. The molecule has 0 aliphatic carbocycles. The first-order valence-corrected chi connectivity index (χ1v) is 6.73. The van der Waals surface area contributed by atoms with E-state index >= 15 is 0 Å². The Morgan fingerprint density at radius 1 is 1.55 bits per heavy atom. The average Bonchev–Trinajstić information content (AvgIpc) is 2.43. The number of nitrogen functional groups attached to an aromatic ring is 1. The number of pyridine rings is 1. The first kappa shape index (κ1) is 16.2. The summed E-state index contributed by atoms with van der Waals surface area (Å²) >= 11 is 0. The average molecular weight is 280 g/mol. The zero-order valence-electron chi connectivity index (χ0n) is 12.6. The Morgan fingerprint density at radius 3 is 2.85 bits per heavy atom. The standard InChI is InChI=1S/C14H24N4O2/c1-10(2)18(3)7-5-6-16-13-12(14(19)20-4)8-11(15)9-17-13/h8-10H,5-7,15H2,1-4H3,(H,16,17). The van der Waals surface area contributed by atoms with Crippen LogP contribution in [0, 0.1) is 0 Å².